The van der Waals surface area contributed by atoms with Gasteiger partial charge in [-0.15, -0.1) is 0 Å². The summed E-state index contributed by atoms with van der Waals surface area (Å²) in [4.78, 5) is 7.54. The summed E-state index contributed by atoms with van der Waals surface area (Å²) in [7, 11) is 2.19. The summed E-state index contributed by atoms with van der Waals surface area (Å²) in [5.41, 5.74) is 2.75. The van der Waals surface area contributed by atoms with Crippen LogP contribution in [0.15, 0.2) is 0 Å². The number of imidazole rings is 1. The van der Waals surface area contributed by atoms with Crippen molar-refractivity contribution in [3.63, 3.8) is 0 Å². The molecule has 0 radical (unpaired) electrons. The zero-order valence-electron chi connectivity index (χ0n) is 13.6. The van der Waals surface area contributed by atoms with E-state index < -0.39 is 0 Å². The van der Waals surface area contributed by atoms with Gasteiger partial charge in [-0.1, -0.05) is 0 Å². The predicted molar refractivity (Wildman–Crippen MR) is 83.7 cm³/mol. The third-order valence-corrected chi connectivity index (χ3v) is 5.76. The van der Waals surface area contributed by atoms with Crippen molar-refractivity contribution in [2.45, 2.75) is 44.6 Å². The van der Waals surface area contributed by atoms with Gasteiger partial charge in [-0.3, -0.25) is 4.90 Å². The summed E-state index contributed by atoms with van der Waals surface area (Å²) in [6.07, 6.45) is 7.31. The van der Waals surface area contributed by atoms with Crippen molar-refractivity contribution in [2.75, 3.05) is 32.9 Å². The van der Waals surface area contributed by atoms with Gasteiger partial charge in [0.15, 0.2) is 0 Å². The van der Waals surface area contributed by atoms with E-state index in [1.54, 1.807) is 0 Å². The number of ether oxygens (including phenoxy) is 1. The molecule has 4 rings (SSSR count). The van der Waals surface area contributed by atoms with Crippen molar-refractivity contribution in [2.24, 2.45) is 12.5 Å². The summed E-state index contributed by atoms with van der Waals surface area (Å²) in [6.45, 7) is 3.68. The zero-order valence-corrected chi connectivity index (χ0v) is 13.6. The first-order valence-electron chi connectivity index (χ1n) is 8.69. The molecule has 22 heavy (non-hydrogen) atoms. The first kappa shape index (κ1) is 14.7. The average Bonchev–Trinajstić information content (AvgIpc) is 3.08. The first-order chi connectivity index (χ1) is 10.7. The molecule has 0 unspecified atom stereocenters. The number of fused-ring (bicyclic) bond motifs is 1. The summed E-state index contributed by atoms with van der Waals surface area (Å²) < 4.78 is 7.72. The van der Waals surface area contributed by atoms with E-state index in [4.69, 9.17) is 9.72 Å². The summed E-state index contributed by atoms with van der Waals surface area (Å²) in [5, 5.41) is 9.71. The molecule has 5 heteroatoms. The Balaban J connectivity index is 1.57. The topological polar surface area (TPSA) is 50.5 Å². The van der Waals surface area contributed by atoms with E-state index in [1.807, 2.05) is 0 Å². The number of aromatic nitrogens is 2. The molecule has 122 valence electrons. The average molecular weight is 305 g/mol. The molecular formula is C17H27N3O2. The molecule has 2 saturated heterocycles. The molecule has 5 nitrogen and oxygen atoms in total. The van der Waals surface area contributed by atoms with E-state index >= 15 is 0 Å². The standard InChI is InChI=1S/C17H27N3O2/c1-19-14-6-3-2-5-13(14)18-16(19)15-7-4-8-20(15)9-17(10-21)11-22-12-17/h15,21H,2-12H2,1H3/t15-/m0/s1. The van der Waals surface area contributed by atoms with Gasteiger partial charge >= 0.3 is 0 Å². The second kappa shape index (κ2) is 5.62. The molecule has 1 aromatic rings. The summed E-state index contributed by atoms with van der Waals surface area (Å²) in [6, 6.07) is 0.416. The summed E-state index contributed by atoms with van der Waals surface area (Å²) >= 11 is 0. The molecule has 1 aromatic heterocycles. The van der Waals surface area contributed by atoms with Crippen LogP contribution in [-0.2, 0) is 24.6 Å². The Kier molecular flexibility index (Phi) is 3.75. The van der Waals surface area contributed by atoms with Gasteiger partial charge in [-0.05, 0) is 45.1 Å². The number of hydrogen-bond donors (Lipinski definition) is 1. The van der Waals surface area contributed by atoms with Gasteiger partial charge in [-0.2, -0.15) is 0 Å². The van der Waals surface area contributed by atoms with Crippen LogP contribution in [0.4, 0.5) is 0 Å². The number of aliphatic hydroxyl groups excluding tert-OH is 1. The quantitative estimate of drug-likeness (QED) is 0.914. The van der Waals surface area contributed by atoms with Crippen LogP contribution in [0.3, 0.4) is 0 Å². The highest BCUT2D eigenvalue weighted by Crippen LogP contribution is 2.38. The van der Waals surface area contributed by atoms with E-state index in [1.165, 1.54) is 49.3 Å². The maximum Gasteiger partial charge on any atom is 0.126 e. The molecule has 0 amide bonds. The number of aliphatic hydroxyl groups is 1. The smallest absolute Gasteiger partial charge is 0.126 e. The normalized spacial score (nSPS) is 27.6. The summed E-state index contributed by atoms with van der Waals surface area (Å²) in [5.74, 6) is 1.25. The molecule has 1 aliphatic carbocycles. The Labute approximate surface area is 132 Å². The fourth-order valence-corrected chi connectivity index (χ4v) is 4.37. The third-order valence-electron chi connectivity index (χ3n) is 5.76. The molecule has 0 spiro atoms. The van der Waals surface area contributed by atoms with Gasteiger partial charge in [0.25, 0.3) is 0 Å². The SMILES string of the molecule is Cn1c([C@@H]2CCCN2CC2(CO)COC2)nc2c1CCCC2. The van der Waals surface area contributed by atoms with Crippen LogP contribution in [0.25, 0.3) is 0 Å². The highest BCUT2D eigenvalue weighted by Gasteiger charge is 2.43. The van der Waals surface area contributed by atoms with Crippen LogP contribution in [0.1, 0.15) is 48.9 Å². The van der Waals surface area contributed by atoms with Crippen LogP contribution in [0, 0.1) is 5.41 Å². The second-order valence-electron chi connectivity index (χ2n) is 7.41. The maximum atomic E-state index is 9.71. The van der Waals surface area contributed by atoms with Gasteiger partial charge in [0.1, 0.15) is 5.82 Å². The van der Waals surface area contributed by atoms with Gasteiger partial charge in [0.2, 0.25) is 0 Å². The lowest BCUT2D eigenvalue weighted by Crippen LogP contribution is -2.53. The molecule has 0 aromatic carbocycles. The van der Waals surface area contributed by atoms with Crippen LogP contribution < -0.4 is 0 Å². The number of aryl methyl sites for hydroxylation is 1. The van der Waals surface area contributed by atoms with Crippen molar-refractivity contribution in [3.8, 4) is 0 Å². The third kappa shape index (κ3) is 2.30. The Bertz CT molecular complexity index is 545. The Morgan fingerprint density at radius 3 is 2.77 bits per heavy atom. The lowest BCUT2D eigenvalue weighted by atomic mass is 9.86. The Hall–Kier alpha value is -0.910. The molecule has 2 fully saturated rings. The van der Waals surface area contributed by atoms with E-state index in [0.29, 0.717) is 19.3 Å². The van der Waals surface area contributed by atoms with Crippen LogP contribution in [0.5, 0.6) is 0 Å². The molecule has 3 aliphatic rings. The monoisotopic (exact) mass is 305 g/mol. The van der Waals surface area contributed by atoms with Crippen LogP contribution >= 0.6 is 0 Å². The molecular weight excluding hydrogens is 278 g/mol. The van der Waals surface area contributed by atoms with Gasteiger partial charge in [-0.25, -0.2) is 4.98 Å². The Morgan fingerprint density at radius 1 is 1.27 bits per heavy atom. The number of likely N-dealkylation sites (tertiary alicyclic amines) is 1. The van der Waals surface area contributed by atoms with Crippen LogP contribution in [-0.4, -0.2) is 52.5 Å². The maximum absolute atomic E-state index is 9.71. The van der Waals surface area contributed by atoms with Crippen molar-refractivity contribution < 1.29 is 9.84 Å². The fourth-order valence-electron chi connectivity index (χ4n) is 4.37. The molecule has 2 aliphatic heterocycles. The fraction of sp³-hybridized carbons (Fsp3) is 0.824. The highest BCUT2D eigenvalue weighted by atomic mass is 16.5. The number of rotatable bonds is 4. The predicted octanol–water partition coefficient (Wildman–Crippen LogP) is 1.44. The van der Waals surface area contributed by atoms with E-state index in [-0.39, 0.29) is 12.0 Å². The first-order valence-corrected chi connectivity index (χ1v) is 8.69. The van der Waals surface area contributed by atoms with Gasteiger partial charge in [0, 0.05) is 19.3 Å². The highest BCUT2D eigenvalue weighted by molar-refractivity contribution is 5.22. The number of hydrogen-bond acceptors (Lipinski definition) is 4. The van der Waals surface area contributed by atoms with E-state index in [0.717, 1.165) is 19.5 Å². The van der Waals surface area contributed by atoms with Crippen molar-refractivity contribution in [3.05, 3.63) is 17.2 Å². The minimum atomic E-state index is -0.0344. The minimum Gasteiger partial charge on any atom is -0.396 e. The minimum absolute atomic E-state index is 0.0344. The van der Waals surface area contributed by atoms with Crippen molar-refractivity contribution in [1.82, 2.24) is 14.5 Å². The molecule has 0 saturated carbocycles. The largest absolute Gasteiger partial charge is 0.396 e. The van der Waals surface area contributed by atoms with E-state index in [2.05, 4.69) is 16.5 Å². The zero-order chi connectivity index (χ0) is 15.2. The van der Waals surface area contributed by atoms with Gasteiger partial charge in [0.05, 0.1) is 37.0 Å². The van der Waals surface area contributed by atoms with Gasteiger partial charge < -0.3 is 14.4 Å². The lowest BCUT2D eigenvalue weighted by Gasteiger charge is -2.43. The van der Waals surface area contributed by atoms with Crippen molar-refractivity contribution in [1.29, 1.82) is 0 Å². The number of nitrogens with zero attached hydrogens (tertiary/aromatic N) is 3. The Morgan fingerprint density at radius 2 is 2.09 bits per heavy atom. The molecule has 1 atom stereocenters. The molecule has 3 heterocycles. The second-order valence-corrected chi connectivity index (χ2v) is 7.41. The van der Waals surface area contributed by atoms with E-state index in [9.17, 15) is 5.11 Å². The lowest BCUT2D eigenvalue weighted by molar-refractivity contribution is -0.149. The van der Waals surface area contributed by atoms with Crippen molar-refractivity contribution >= 4 is 0 Å². The van der Waals surface area contributed by atoms with Crippen LogP contribution in [0.2, 0.25) is 0 Å². The molecule has 0 bridgehead atoms. The molecule has 1 N–H and O–H groups in total.